The van der Waals surface area contributed by atoms with Crippen molar-refractivity contribution in [3.8, 4) is 10.4 Å². The Labute approximate surface area is 146 Å². The largest absolute Gasteiger partial charge is 0.355 e. The van der Waals surface area contributed by atoms with Gasteiger partial charge in [0.2, 0.25) is 11.8 Å². The number of hydrogen-bond acceptors (Lipinski definition) is 3. The number of nitrogens with one attached hydrogen (secondary N) is 1. The molecule has 0 radical (unpaired) electrons. The minimum absolute atomic E-state index is 0.0905. The highest BCUT2D eigenvalue weighted by molar-refractivity contribution is 7.16. The molecule has 0 spiro atoms. The van der Waals surface area contributed by atoms with Gasteiger partial charge < -0.3 is 10.2 Å². The summed E-state index contributed by atoms with van der Waals surface area (Å²) >= 11 is 1.63. The van der Waals surface area contributed by atoms with Gasteiger partial charge in [0.1, 0.15) is 0 Å². The third-order valence-corrected chi connectivity index (χ3v) is 4.58. The van der Waals surface area contributed by atoms with Gasteiger partial charge in [-0.1, -0.05) is 30.3 Å². The molecule has 4 nitrogen and oxygen atoms in total. The summed E-state index contributed by atoms with van der Waals surface area (Å²) in [5.74, 6) is -0.290. The summed E-state index contributed by atoms with van der Waals surface area (Å²) in [6, 6.07) is 14.2. The highest BCUT2D eigenvalue weighted by atomic mass is 32.1. The molecule has 5 heteroatoms. The van der Waals surface area contributed by atoms with Crippen LogP contribution in [0.25, 0.3) is 16.5 Å². The molecule has 0 atom stereocenters. The Hall–Kier alpha value is -2.40. The monoisotopic (exact) mass is 342 g/mol. The van der Waals surface area contributed by atoms with E-state index in [1.54, 1.807) is 17.4 Å². The fourth-order valence-corrected chi connectivity index (χ4v) is 3.15. The second-order valence-electron chi connectivity index (χ2n) is 5.21. The fraction of sp³-hybridized carbons (Fsp3) is 0.263. The second-order valence-corrected chi connectivity index (χ2v) is 6.32. The zero-order valence-electron chi connectivity index (χ0n) is 14.0. The maximum atomic E-state index is 12.2. The van der Waals surface area contributed by atoms with E-state index in [0.717, 1.165) is 9.75 Å². The van der Waals surface area contributed by atoms with E-state index in [-0.39, 0.29) is 18.4 Å². The Kier molecular flexibility index (Phi) is 6.75. The van der Waals surface area contributed by atoms with Crippen molar-refractivity contribution in [1.82, 2.24) is 10.2 Å². The van der Waals surface area contributed by atoms with E-state index >= 15 is 0 Å². The van der Waals surface area contributed by atoms with Gasteiger partial charge in [0.05, 0.1) is 6.54 Å². The first-order valence-electron chi connectivity index (χ1n) is 8.03. The number of likely N-dealkylation sites (N-methyl/N-ethyl adjacent to an activating group) is 2. The van der Waals surface area contributed by atoms with Gasteiger partial charge in [-0.3, -0.25) is 9.59 Å². The SMILES string of the molecule is CCNC(=O)CN(CC)C(=O)/C=C/c1ccc(-c2ccccc2)s1. The second kappa shape index (κ2) is 9.03. The number of benzene rings is 1. The lowest BCUT2D eigenvalue weighted by atomic mass is 10.2. The Morgan fingerprint density at radius 1 is 1.12 bits per heavy atom. The third kappa shape index (κ3) is 5.06. The summed E-state index contributed by atoms with van der Waals surface area (Å²) in [6.45, 7) is 4.88. The predicted molar refractivity (Wildman–Crippen MR) is 99.7 cm³/mol. The normalized spacial score (nSPS) is 10.8. The van der Waals surface area contributed by atoms with Gasteiger partial charge >= 0.3 is 0 Å². The van der Waals surface area contributed by atoms with Gasteiger partial charge in [0, 0.05) is 28.9 Å². The van der Waals surface area contributed by atoms with Crippen LogP contribution in [0.5, 0.6) is 0 Å². The molecule has 1 heterocycles. The molecule has 0 aliphatic carbocycles. The topological polar surface area (TPSA) is 49.4 Å². The van der Waals surface area contributed by atoms with Crippen LogP contribution < -0.4 is 5.32 Å². The van der Waals surface area contributed by atoms with Gasteiger partial charge in [0.15, 0.2) is 0 Å². The molecule has 0 unspecified atom stereocenters. The number of hydrogen-bond donors (Lipinski definition) is 1. The summed E-state index contributed by atoms with van der Waals surface area (Å²) in [5.41, 5.74) is 1.17. The van der Waals surface area contributed by atoms with Crippen LogP contribution in [0.2, 0.25) is 0 Å². The average molecular weight is 342 g/mol. The zero-order valence-corrected chi connectivity index (χ0v) is 14.8. The van der Waals surface area contributed by atoms with E-state index in [9.17, 15) is 9.59 Å². The molecule has 0 saturated carbocycles. The van der Waals surface area contributed by atoms with Gasteiger partial charge in [-0.2, -0.15) is 0 Å². The number of carbonyl (C=O) groups is 2. The summed E-state index contributed by atoms with van der Waals surface area (Å²) in [6.07, 6.45) is 3.34. The first kappa shape index (κ1) is 17.9. The van der Waals surface area contributed by atoms with E-state index in [0.29, 0.717) is 13.1 Å². The quantitative estimate of drug-likeness (QED) is 0.784. The lowest BCUT2D eigenvalue weighted by Crippen LogP contribution is -2.39. The molecule has 0 saturated heterocycles. The Morgan fingerprint density at radius 2 is 1.88 bits per heavy atom. The molecule has 0 aliphatic rings. The van der Waals surface area contributed by atoms with E-state index < -0.39 is 0 Å². The molecule has 2 rings (SSSR count). The van der Waals surface area contributed by atoms with E-state index in [1.807, 2.05) is 38.1 Å². The van der Waals surface area contributed by atoms with Crippen molar-refractivity contribution < 1.29 is 9.59 Å². The minimum atomic E-state index is -0.154. The van der Waals surface area contributed by atoms with Crippen LogP contribution in [0.4, 0.5) is 0 Å². The highest BCUT2D eigenvalue weighted by Crippen LogP contribution is 2.28. The fourth-order valence-electron chi connectivity index (χ4n) is 2.23. The van der Waals surface area contributed by atoms with Crippen LogP contribution in [0, 0.1) is 0 Å². The molecular formula is C19H22N2O2S. The summed E-state index contributed by atoms with van der Waals surface area (Å²) in [4.78, 5) is 27.5. The molecule has 126 valence electrons. The number of rotatable bonds is 7. The standard InChI is InChI=1S/C19H22N2O2S/c1-3-20-18(22)14-21(4-2)19(23)13-11-16-10-12-17(24-16)15-8-6-5-7-9-15/h5-13H,3-4,14H2,1-2H3,(H,20,22)/b13-11+. The molecule has 1 aromatic carbocycles. The summed E-state index contributed by atoms with van der Waals surface area (Å²) in [5, 5.41) is 2.71. The molecule has 0 fully saturated rings. The molecular weight excluding hydrogens is 320 g/mol. The first-order chi connectivity index (χ1) is 11.6. The lowest BCUT2D eigenvalue weighted by Gasteiger charge is -2.18. The number of thiophene rings is 1. The van der Waals surface area contributed by atoms with Crippen molar-refractivity contribution in [2.24, 2.45) is 0 Å². The van der Waals surface area contributed by atoms with Gasteiger partial charge in [0.25, 0.3) is 0 Å². The molecule has 0 aliphatic heterocycles. The number of carbonyl (C=O) groups excluding carboxylic acids is 2. The van der Waals surface area contributed by atoms with Crippen molar-refractivity contribution in [3.63, 3.8) is 0 Å². The predicted octanol–water partition coefficient (Wildman–Crippen LogP) is 3.41. The van der Waals surface area contributed by atoms with Crippen LogP contribution in [0.3, 0.4) is 0 Å². The molecule has 24 heavy (non-hydrogen) atoms. The zero-order chi connectivity index (χ0) is 17.4. The van der Waals surface area contributed by atoms with Crippen molar-refractivity contribution >= 4 is 29.2 Å². The Morgan fingerprint density at radius 3 is 2.54 bits per heavy atom. The van der Waals surface area contributed by atoms with Gasteiger partial charge in [-0.05, 0) is 37.6 Å². The van der Waals surface area contributed by atoms with Crippen LogP contribution >= 0.6 is 11.3 Å². The minimum Gasteiger partial charge on any atom is -0.355 e. The van der Waals surface area contributed by atoms with Crippen LogP contribution in [0.1, 0.15) is 18.7 Å². The summed E-state index contributed by atoms with van der Waals surface area (Å²) in [7, 11) is 0. The van der Waals surface area contributed by atoms with Gasteiger partial charge in [-0.15, -0.1) is 11.3 Å². The lowest BCUT2D eigenvalue weighted by molar-refractivity contribution is -0.132. The molecule has 1 aromatic heterocycles. The van der Waals surface area contributed by atoms with Crippen LogP contribution in [0.15, 0.2) is 48.5 Å². The van der Waals surface area contributed by atoms with E-state index in [1.165, 1.54) is 16.5 Å². The molecule has 0 bridgehead atoms. The van der Waals surface area contributed by atoms with Crippen molar-refractivity contribution in [2.45, 2.75) is 13.8 Å². The maximum absolute atomic E-state index is 12.2. The molecule has 2 aromatic rings. The Balaban J connectivity index is 2.00. The third-order valence-electron chi connectivity index (χ3n) is 3.48. The van der Waals surface area contributed by atoms with Crippen molar-refractivity contribution in [2.75, 3.05) is 19.6 Å². The Bertz CT molecular complexity index is 707. The summed E-state index contributed by atoms with van der Waals surface area (Å²) < 4.78 is 0. The number of amides is 2. The smallest absolute Gasteiger partial charge is 0.247 e. The van der Waals surface area contributed by atoms with E-state index in [4.69, 9.17) is 0 Å². The van der Waals surface area contributed by atoms with Crippen molar-refractivity contribution in [1.29, 1.82) is 0 Å². The molecule has 1 N–H and O–H groups in total. The first-order valence-corrected chi connectivity index (χ1v) is 8.84. The average Bonchev–Trinajstić information content (AvgIpc) is 3.07. The highest BCUT2D eigenvalue weighted by Gasteiger charge is 2.12. The van der Waals surface area contributed by atoms with Crippen molar-refractivity contribution in [3.05, 3.63) is 53.4 Å². The van der Waals surface area contributed by atoms with E-state index in [2.05, 4.69) is 23.5 Å². The van der Waals surface area contributed by atoms with Crippen LogP contribution in [-0.4, -0.2) is 36.3 Å². The van der Waals surface area contributed by atoms with Gasteiger partial charge in [-0.25, -0.2) is 0 Å². The maximum Gasteiger partial charge on any atom is 0.247 e. The number of nitrogens with zero attached hydrogens (tertiary/aromatic N) is 1. The molecule has 2 amide bonds. The van der Waals surface area contributed by atoms with Crippen LogP contribution in [-0.2, 0) is 9.59 Å².